The Morgan fingerprint density at radius 2 is 2.04 bits per heavy atom. The van der Waals surface area contributed by atoms with Gasteiger partial charge in [0.1, 0.15) is 5.82 Å². The van der Waals surface area contributed by atoms with Crippen LogP contribution in [0, 0.1) is 0 Å². The number of anilines is 1. The lowest BCUT2D eigenvalue weighted by molar-refractivity contribution is -0.113. The molecule has 3 aromatic rings. The van der Waals surface area contributed by atoms with Gasteiger partial charge < -0.3 is 10.4 Å². The van der Waals surface area contributed by atoms with Crippen LogP contribution in [0.25, 0.3) is 5.69 Å². The summed E-state index contributed by atoms with van der Waals surface area (Å²) < 4.78 is 1.61. The maximum atomic E-state index is 12.2. The minimum Gasteiger partial charge on any atom is -0.478 e. The highest BCUT2D eigenvalue weighted by molar-refractivity contribution is 8.00. The van der Waals surface area contributed by atoms with Crippen LogP contribution < -0.4 is 5.32 Å². The molecular weight excluding hydrogens is 386 g/mol. The molecule has 0 spiro atoms. The molecule has 1 amide bonds. The van der Waals surface area contributed by atoms with Crippen molar-refractivity contribution in [2.45, 2.75) is 5.25 Å². The number of rotatable bonds is 3. The molecule has 27 heavy (non-hydrogen) atoms. The molecule has 2 N–H and O–H groups in total. The summed E-state index contributed by atoms with van der Waals surface area (Å²) in [5.74, 6) is -0.219. The number of aromatic carboxylic acids is 1. The van der Waals surface area contributed by atoms with Gasteiger partial charge >= 0.3 is 5.97 Å². The normalized spacial score (nSPS) is 16.3. The van der Waals surface area contributed by atoms with E-state index in [9.17, 15) is 9.59 Å². The van der Waals surface area contributed by atoms with Crippen LogP contribution in [-0.4, -0.2) is 32.5 Å². The minimum absolute atomic E-state index is 0.0929. The van der Waals surface area contributed by atoms with Crippen LogP contribution in [-0.2, 0) is 4.79 Å². The van der Waals surface area contributed by atoms with E-state index < -0.39 is 5.97 Å². The predicted molar refractivity (Wildman–Crippen MR) is 105 cm³/mol. The quantitative estimate of drug-likeness (QED) is 0.695. The number of halogens is 1. The highest BCUT2D eigenvalue weighted by Gasteiger charge is 2.28. The number of carboxylic acid groups (broad SMARTS) is 1. The van der Waals surface area contributed by atoms with Crippen LogP contribution in [0.5, 0.6) is 0 Å². The van der Waals surface area contributed by atoms with E-state index in [-0.39, 0.29) is 16.7 Å². The Morgan fingerprint density at radius 1 is 1.26 bits per heavy atom. The van der Waals surface area contributed by atoms with Crippen molar-refractivity contribution in [2.24, 2.45) is 0 Å². The Kier molecular flexibility index (Phi) is 4.63. The number of hydrogen-bond donors (Lipinski definition) is 2. The minimum atomic E-state index is -0.994. The molecule has 0 fully saturated rings. The number of fused-ring (bicyclic) bond motifs is 1. The Labute approximate surface area is 164 Å². The number of nitrogens with zero attached hydrogens (tertiary/aromatic N) is 2. The van der Waals surface area contributed by atoms with Crippen molar-refractivity contribution in [3.05, 3.63) is 76.4 Å². The molecule has 0 bridgehead atoms. The number of carbonyl (C=O) groups excluding carboxylic acids is 1. The summed E-state index contributed by atoms with van der Waals surface area (Å²) in [6.07, 6.45) is 1.73. The molecule has 1 unspecified atom stereocenters. The molecule has 1 aliphatic heterocycles. The lowest BCUT2D eigenvalue weighted by Gasteiger charge is -2.14. The molecule has 2 heterocycles. The van der Waals surface area contributed by atoms with Crippen LogP contribution >= 0.6 is 23.4 Å². The van der Waals surface area contributed by atoms with E-state index in [4.69, 9.17) is 16.7 Å². The summed E-state index contributed by atoms with van der Waals surface area (Å²) >= 11 is 7.65. The van der Waals surface area contributed by atoms with Gasteiger partial charge in [0, 0.05) is 10.6 Å². The van der Waals surface area contributed by atoms with Gasteiger partial charge in [-0.2, -0.15) is 5.10 Å². The summed E-state index contributed by atoms with van der Waals surface area (Å²) in [6, 6.07) is 13.9. The Morgan fingerprint density at radius 3 is 2.74 bits per heavy atom. The molecule has 6 nitrogen and oxygen atoms in total. The predicted octanol–water partition coefficient (Wildman–Crippen LogP) is 4.00. The lowest BCUT2D eigenvalue weighted by atomic mass is 10.1. The largest absolute Gasteiger partial charge is 0.478 e. The number of nitrogens with one attached hydrogen (secondary N) is 1. The summed E-state index contributed by atoms with van der Waals surface area (Å²) in [4.78, 5) is 23.3. The Bertz CT molecular complexity index is 1030. The van der Waals surface area contributed by atoms with Crippen LogP contribution in [0.2, 0.25) is 5.02 Å². The SMILES string of the molecule is O=C1CSC(c2cccc(Cl)c2)c2cnn(-c3ccc(C(=O)O)cc3)c2N1. The van der Waals surface area contributed by atoms with Gasteiger partial charge in [-0.25, -0.2) is 9.48 Å². The average molecular weight is 400 g/mol. The number of hydrogen-bond acceptors (Lipinski definition) is 4. The average Bonchev–Trinajstić information content (AvgIpc) is 2.97. The second-order valence-electron chi connectivity index (χ2n) is 6.01. The summed E-state index contributed by atoms with van der Waals surface area (Å²) in [5, 5.41) is 16.9. The zero-order valence-corrected chi connectivity index (χ0v) is 15.5. The topological polar surface area (TPSA) is 84.2 Å². The third-order valence-corrected chi connectivity index (χ3v) is 5.75. The van der Waals surface area contributed by atoms with Crippen molar-refractivity contribution in [1.29, 1.82) is 0 Å². The fourth-order valence-electron chi connectivity index (χ4n) is 2.98. The first-order valence-electron chi connectivity index (χ1n) is 8.11. The molecule has 0 aliphatic carbocycles. The van der Waals surface area contributed by atoms with E-state index in [1.807, 2.05) is 24.3 Å². The van der Waals surface area contributed by atoms with Gasteiger partial charge in [0.2, 0.25) is 5.91 Å². The summed E-state index contributed by atoms with van der Waals surface area (Å²) in [7, 11) is 0. The Hall–Kier alpha value is -2.77. The van der Waals surface area contributed by atoms with E-state index in [1.165, 1.54) is 23.9 Å². The molecule has 0 saturated heterocycles. The number of carboxylic acids is 1. The molecule has 0 radical (unpaired) electrons. The number of carbonyl (C=O) groups is 2. The van der Waals surface area contributed by atoms with E-state index in [1.54, 1.807) is 23.0 Å². The molecular formula is C19H14ClN3O3S. The summed E-state index contributed by atoms with van der Waals surface area (Å²) in [5.41, 5.74) is 2.72. The van der Waals surface area contributed by atoms with E-state index in [2.05, 4.69) is 10.4 Å². The fourth-order valence-corrected chi connectivity index (χ4v) is 4.26. The summed E-state index contributed by atoms with van der Waals surface area (Å²) in [6.45, 7) is 0. The second kappa shape index (κ2) is 7.09. The molecule has 1 aliphatic rings. The highest BCUT2D eigenvalue weighted by atomic mass is 35.5. The monoisotopic (exact) mass is 399 g/mol. The molecule has 4 rings (SSSR count). The molecule has 136 valence electrons. The third kappa shape index (κ3) is 3.43. The third-order valence-electron chi connectivity index (χ3n) is 4.23. The first-order valence-corrected chi connectivity index (χ1v) is 9.54. The van der Waals surface area contributed by atoms with Crippen molar-refractivity contribution in [1.82, 2.24) is 9.78 Å². The zero-order valence-electron chi connectivity index (χ0n) is 13.9. The number of benzene rings is 2. The maximum absolute atomic E-state index is 12.2. The van der Waals surface area contributed by atoms with E-state index in [0.29, 0.717) is 22.3 Å². The van der Waals surface area contributed by atoms with Gasteiger partial charge in [-0.05, 0) is 42.0 Å². The standard InChI is InChI=1S/C19H14ClN3O3S/c20-13-3-1-2-12(8-13)17-15-9-21-23(18(15)22-16(24)10-27-17)14-6-4-11(5-7-14)19(25)26/h1-9,17H,10H2,(H,22,24)(H,25,26). The van der Waals surface area contributed by atoms with Crippen molar-refractivity contribution in [3.63, 3.8) is 0 Å². The van der Waals surface area contributed by atoms with Crippen molar-refractivity contribution < 1.29 is 14.7 Å². The first-order chi connectivity index (χ1) is 13.0. The zero-order chi connectivity index (χ0) is 19.0. The van der Waals surface area contributed by atoms with Crippen LogP contribution in [0.15, 0.2) is 54.7 Å². The van der Waals surface area contributed by atoms with Gasteiger partial charge in [0.05, 0.1) is 28.5 Å². The van der Waals surface area contributed by atoms with Gasteiger partial charge in [-0.1, -0.05) is 23.7 Å². The lowest BCUT2D eigenvalue weighted by Crippen LogP contribution is -2.15. The maximum Gasteiger partial charge on any atom is 0.335 e. The van der Waals surface area contributed by atoms with Crippen LogP contribution in [0.3, 0.4) is 0 Å². The molecule has 8 heteroatoms. The first kappa shape index (κ1) is 17.6. The van der Waals surface area contributed by atoms with E-state index in [0.717, 1.165) is 11.1 Å². The van der Waals surface area contributed by atoms with E-state index >= 15 is 0 Å². The fraction of sp³-hybridized carbons (Fsp3) is 0.105. The molecule has 2 aromatic carbocycles. The molecule has 1 aromatic heterocycles. The number of aromatic nitrogens is 2. The number of thioether (sulfide) groups is 1. The van der Waals surface area contributed by atoms with Gasteiger partial charge in [0.25, 0.3) is 0 Å². The van der Waals surface area contributed by atoms with Gasteiger partial charge in [0.15, 0.2) is 0 Å². The number of amides is 1. The van der Waals surface area contributed by atoms with Crippen molar-refractivity contribution >= 4 is 41.1 Å². The second-order valence-corrected chi connectivity index (χ2v) is 7.54. The molecule has 1 atom stereocenters. The molecule has 0 saturated carbocycles. The van der Waals surface area contributed by atoms with Crippen LogP contribution in [0.4, 0.5) is 5.82 Å². The van der Waals surface area contributed by atoms with Crippen LogP contribution in [0.1, 0.15) is 26.7 Å². The highest BCUT2D eigenvalue weighted by Crippen LogP contribution is 2.42. The van der Waals surface area contributed by atoms with Crippen molar-refractivity contribution in [2.75, 3.05) is 11.1 Å². The smallest absolute Gasteiger partial charge is 0.335 e. The van der Waals surface area contributed by atoms with Gasteiger partial charge in [-0.3, -0.25) is 4.79 Å². The van der Waals surface area contributed by atoms with Gasteiger partial charge in [-0.15, -0.1) is 11.8 Å². The van der Waals surface area contributed by atoms with Crippen molar-refractivity contribution in [3.8, 4) is 5.69 Å². The Balaban J connectivity index is 1.79.